The van der Waals surface area contributed by atoms with Gasteiger partial charge in [-0.2, -0.15) is 4.31 Å². The zero-order chi connectivity index (χ0) is 18.9. The van der Waals surface area contributed by atoms with Crippen molar-refractivity contribution in [2.45, 2.75) is 36.6 Å². The summed E-state index contributed by atoms with van der Waals surface area (Å²) in [6, 6.07) is 9.07. The Morgan fingerprint density at radius 1 is 1.15 bits per heavy atom. The molecule has 2 aliphatic rings. The largest absolute Gasteiger partial charge is 0.492 e. The molecule has 4 rings (SSSR count). The van der Waals surface area contributed by atoms with Gasteiger partial charge in [-0.25, -0.2) is 13.4 Å². The average molecular weight is 408 g/mol. The third kappa shape index (κ3) is 3.77. The molecule has 1 atom stereocenters. The van der Waals surface area contributed by atoms with E-state index in [-0.39, 0.29) is 10.9 Å². The molecule has 0 spiro atoms. The number of nitrogens with zero attached hydrogens (tertiary/aromatic N) is 2. The van der Waals surface area contributed by atoms with Crippen molar-refractivity contribution in [2.75, 3.05) is 25.0 Å². The zero-order valence-electron chi connectivity index (χ0n) is 14.9. The maximum Gasteiger partial charge on any atom is 0.244 e. The second kappa shape index (κ2) is 7.66. The Hall–Kier alpha value is -1.83. The minimum Gasteiger partial charge on any atom is -0.492 e. The molecular formula is C19H22ClN3O3S. The normalized spacial score (nSPS) is 20.6. The summed E-state index contributed by atoms with van der Waals surface area (Å²) in [5.41, 5.74) is 0.996. The Morgan fingerprint density at radius 3 is 2.70 bits per heavy atom. The van der Waals surface area contributed by atoms with Crippen LogP contribution in [0.15, 0.2) is 41.4 Å². The molecule has 1 aromatic heterocycles. The zero-order valence-corrected chi connectivity index (χ0v) is 16.5. The summed E-state index contributed by atoms with van der Waals surface area (Å²) >= 11 is 6.28. The Balaban J connectivity index is 1.55. The fourth-order valence-electron chi connectivity index (χ4n) is 3.59. The van der Waals surface area contributed by atoms with Crippen molar-refractivity contribution in [1.29, 1.82) is 0 Å². The second-order valence-corrected chi connectivity index (χ2v) is 9.18. The lowest BCUT2D eigenvalue weighted by Gasteiger charge is -2.20. The molecule has 2 aromatic rings. The minimum absolute atomic E-state index is 0.00902. The smallest absolute Gasteiger partial charge is 0.244 e. The number of anilines is 1. The molecule has 1 saturated heterocycles. The van der Waals surface area contributed by atoms with E-state index in [2.05, 4.69) is 10.3 Å². The van der Waals surface area contributed by atoms with Crippen LogP contribution in [-0.2, 0) is 10.0 Å². The van der Waals surface area contributed by atoms with Gasteiger partial charge in [-0.1, -0.05) is 23.7 Å². The minimum atomic E-state index is -3.44. The molecule has 1 unspecified atom stereocenters. The SMILES string of the molecule is O=S(=O)(c1ccc(NC2CCCOc3c(Cl)cccc32)nc1)N1CCCC1. The molecule has 3 heterocycles. The highest BCUT2D eigenvalue weighted by atomic mass is 35.5. The number of sulfonamides is 1. The van der Waals surface area contributed by atoms with Gasteiger partial charge in [0.1, 0.15) is 16.5 Å². The number of hydrogen-bond donors (Lipinski definition) is 1. The highest BCUT2D eigenvalue weighted by Gasteiger charge is 2.27. The quantitative estimate of drug-likeness (QED) is 0.833. The fraction of sp³-hybridized carbons (Fsp3) is 0.421. The van der Waals surface area contributed by atoms with Gasteiger partial charge in [-0.15, -0.1) is 0 Å². The Bertz CT molecular complexity index is 912. The maximum atomic E-state index is 12.6. The molecule has 0 bridgehead atoms. The van der Waals surface area contributed by atoms with Gasteiger partial charge in [0, 0.05) is 24.8 Å². The number of para-hydroxylation sites is 1. The summed E-state index contributed by atoms with van der Waals surface area (Å²) in [6.07, 6.45) is 5.03. The van der Waals surface area contributed by atoms with Crippen molar-refractivity contribution < 1.29 is 13.2 Å². The molecule has 27 heavy (non-hydrogen) atoms. The molecule has 6 nitrogen and oxygen atoms in total. The van der Waals surface area contributed by atoms with E-state index in [1.54, 1.807) is 12.1 Å². The monoisotopic (exact) mass is 407 g/mol. The van der Waals surface area contributed by atoms with E-state index in [0.29, 0.717) is 36.3 Å². The summed E-state index contributed by atoms with van der Waals surface area (Å²) in [7, 11) is -3.44. The maximum absolute atomic E-state index is 12.6. The molecule has 144 valence electrons. The number of fused-ring (bicyclic) bond motifs is 1. The molecule has 0 saturated carbocycles. The van der Waals surface area contributed by atoms with E-state index < -0.39 is 10.0 Å². The predicted molar refractivity (Wildman–Crippen MR) is 105 cm³/mol. The number of aromatic nitrogens is 1. The van der Waals surface area contributed by atoms with Crippen molar-refractivity contribution in [1.82, 2.24) is 9.29 Å². The number of rotatable bonds is 4. The van der Waals surface area contributed by atoms with Gasteiger partial charge in [-0.05, 0) is 43.9 Å². The van der Waals surface area contributed by atoms with Gasteiger partial charge in [0.05, 0.1) is 17.7 Å². The van der Waals surface area contributed by atoms with Gasteiger partial charge in [0.15, 0.2) is 0 Å². The lowest BCUT2D eigenvalue weighted by atomic mass is 10.0. The standard InChI is InChI=1S/C19H22ClN3O3S/c20-16-6-3-5-15-17(7-4-12-26-19(15)16)22-18-9-8-14(13-21-18)27(24,25)23-10-1-2-11-23/h3,5-6,8-9,13,17H,1-2,4,7,10-12H2,(H,21,22). The number of nitrogens with one attached hydrogen (secondary N) is 1. The molecule has 8 heteroatoms. The number of hydrogen-bond acceptors (Lipinski definition) is 5. The van der Waals surface area contributed by atoms with Crippen molar-refractivity contribution >= 4 is 27.4 Å². The van der Waals surface area contributed by atoms with E-state index in [4.69, 9.17) is 16.3 Å². The van der Waals surface area contributed by atoms with Gasteiger partial charge in [-0.3, -0.25) is 0 Å². The molecule has 0 aliphatic carbocycles. The number of ether oxygens (including phenoxy) is 1. The summed E-state index contributed by atoms with van der Waals surface area (Å²) < 4.78 is 32.5. The van der Waals surface area contributed by atoms with E-state index in [1.807, 2.05) is 18.2 Å². The number of benzene rings is 1. The molecule has 1 N–H and O–H groups in total. The predicted octanol–water partition coefficient (Wildman–Crippen LogP) is 3.85. The highest BCUT2D eigenvalue weighted by molar-refractivity contribution is 7.89. The molecule has 2 aliphatic heterocycles. The first-order chi connectivity index (χ1) is 13.1. The van der Waals surface area contributed by atoms with Crippen LogP contribution < -0.4 is 10.1 Å². The van der Waals surface area contributed by atoms with Crippen LogP contribution >= 0.6 is 11.6 Å². The van der Waals surface area contributed by atoms with Gasteiger partial charge < -0.3 is 10.1 Å². The van der Waals surface area contributed by atoms with Crippen molar-refractivity contribution in [3.05, 3.63) is 47.1 Å². The van der Waals surface area contributed by atoms with Crippen LogP contribution in [-0.4, -0.2) is 37.4 Å². The number of pyridine rings is 1. The molecule has 1 fully saturated rings. The van der Waals surface area contributed by atoms with Crippen molar-refractivity contribution in [2.24, 2.45) is 0 Å². The summed E-state index contributed by atoms with van der Waals surface area (Å²) in [5, 5.41) is 3.99. The van der Waals surface area contributed by atoms with Gasteiger partial charge in [0.2, 0.25) is 10.0 Å². The molecule has 1 aromatic carbocycles. The first-order valence-corrected chi connectivity index (χ1v) is 11.0. The Morgan fingerprint density at radius 2 is 1.96 bits per heavy atom. The van der Waals surface area contributed by atoms with Crippen LogP contribution in [0.2, 0.25) is 5.02 Å². The van der Waals surface area contributed by atoms with Crippen molar-refractivity contribution in [3.63, 3.8) is 0 Å². The van der Waals surface area contributed by atoms with E-state index >= 15 is 0 Å². The second-order valence-electron chi connectivity index (χ2n) is 6.84. The van der Waals surface area contributed by atoms with Crippen molar-refractivity contribution in [3.8, 4) is 5.75 Å². The van der Waals surface area contributed by atoms with Crippen LogP contribution in [0.3, 0.4) is 0 Å². The van der Waals surface area contributed by atoms with Gasteiger partial charge >= 0.3 is 0 Å². The average Bonchev–Trinajstić information content (AvgIpc) is 3.14. The lowest BCUT2D eigenvalue weighted by molar-refractivity contribution is 0.316. The van der Waals surface area contributed by atoms with Crippen LogP contribution in [0.5, 0.6) is 5.75 Å². The van der Waals surface area contributed by atoms with Crippen LogP contribution in [0.25, 0.3) is 0 Å². The Kier molecular flexibility index (Phi) is 5.25. The summed E-state index contributed by atoms with van der Waals surface area (Å²) in [4.78, 5) is 4.58. The summed E-state index contributed by atoms with van der Waals surface area (Å²) in [5.74, 6) is 1.34. The van der Waals surface area contributed by atoms with Gasteiger partial charge in [0.25, 0.3) is 0 Å². The fourth-order valence-corrected chi connectivity index (χ4v) is 5.29. The van der Waals surface area contributed by atoms with E-state index in [9.17, 15) is 8.42 Å². The third-order valence-corrected chi connectivity index (χ3v) is 7.20. The van der Waals surface area contributed by atoms with Crippen LogP contribution in [0.4, 0.5) is 5.82 Å². The summed E-state index contributed by atoms with van der Waals surface area (Å²) in [6.45, 7) is 1.79. The lowest BCUT2D eigenvalue weighted by Crippen LogP contribution is -2.28. The Labute approximate surface area is 164 Å². The molecular weight excluding hydrogens is 386 g/mol. The molecule has 0 amide bonds. The van der Waals surface area contributed by atoms with E-state index in [0.717, 1.165) is 31.2 Å². The molecule has 0 radical (unpaired) electrons. The van der Waals surface area contributed by atoms with Crippen LogP contribution in [0, 0.1) is 0 Å². The van der Waals surface area contributed by atoms with Crippen LogP contribution in [0.1, 0.15) is 37.3 Å². The first-order valence-electron chi connectivity index (χ1n) is 9.20. The van der Waals surface area contributed by atoms with E-state index in [1.165, 1.54) is 10.5 Å². The first kappa shape index (κ1) is 18.5. The number of halogens is 1. The highest BCUT2D eigenvalue weighted by Crippen LogP contribution is 2.38. The third-order valence-electron chi connectivity index (χ3n) is 5.02. The topological polar surface area (TPSA) is 71.5 Å².